The Balaban J connectivity index is 2.53. The smallest absolute Gasteiger partial charge is 0.341 e. The van der Waals surface area contributed by atoms with Crippen LogP contribution in [0.2, 0.25) is 0 Å². The summed E-state index contributed by atoms with van der Waals surface area (Å²) in [4.78, 5) is 18.9. The highest BCUT2D eigenvalue weighted by atomic mass is 16.5. The monoisotopic (exact) mass is 251 g/mol. The maximum absolute atomic E-state index is 10.9. The van der Waals surface area contributed by atoms with E-state index in [1.807, 2.05) is 6.92 Å². The van der Waals surface area contributed by atoms with E-state index in [4.69, 9.17) is 9.84 Å². The summed E-state index contributed by atoms with van der Waals surface area (Å²) < 4.78 is 5.29. The van der Waals surface area contributed by atoms with E-state index >= 15 is 0 Å². The van der Waals surface area contributed by atoms with Gasteiger partial charge in [0.25, 0.3) is 0 Å². The van der Waals surface area contributed by atoms with Gasteiger partial charge in [0.1, 0.15) is 17.2 Å². The number of rotatable bonds is 7. The third-order valence-corrected chi connectivity index (χ3v) is 2.03. The first-order valence-electron chi connectivity index (χ1n) is 5.53. The normalized spacial score (nSPS) is 10.1. The molecule has 6 nitrogen and oxygen atoms in total. The first kappa shape index (κ1) is 14.1. The van der Waals surface area contributed by atoms with Crippen LogP contribution < -0.4 is 5.32 Å². The van der Waals surface area contributed by atoms with Gasteiger partial charge in [-0.15, -0.1) is 0 Å². The van der Waals surface area contributed by atoms with Crippen LogP contribution in [-0.2, 0) is 4.74 Å². The minimum atomic E-state index is -1.06. The van der Waals surface area contributed by atoms with Crippen LogP contribution in [0.1, 0.15) is 23.1 Å². The summed E-state index contributed by atoms with van der Waals surface area (Å²) in [5, 5.41) is 11.9. The van der Waals surface area contributed by atoms with Crippen molar-refractivity contribution in [2.75, 3.05) is 25.1 Å². The Hall–Kier alpha value is -1.95. The number of aryl methyl sites for hydroxylation is 1. The van der Waals surface area contributed by atoms with Crippen molar-refractivity contribution in [3.8, 4) is 0 Å². The molecule has 1 aromatic rings. The third-order valence-electron chi connectivity index (χ3n) is 2.03. The highest BCUT2D eigenvalue weighted by Crippen LogP contribution is 2.10. The van der Waals surface area contributed by atoms with Gasteiger partial charge in [-0.05, 0) is 13.8 Å². The van der Waals surface area contributed by atoms with E-state index in [2.05, 4.69) is 21.9 Å². The zero-order valence-corrected chi connectivity index (χ0v) is 10.6. The van der Waals surface area contributed by atoms with Crippen molar-refractivity contribution in [1.29, 1.82) is 0 Å². The maximum Gasteiger partial charge on any atom is 0.341 e. The summed E-state index contributed by atoms with van der Waals surface area (Å²) >= 11 is 0. The average molecular weight is 251 g/mol. The Morgan fingerprint density at radius 3 is 2.94 bits per heavy atom. The van der Waals surface area contributed by atoms with Gasteiger partial charge < -0.3 is 15.2 Å². The largest absolute Gasteiger partial charge is 0.477 e. The summed E-state index contributed by atoms with van der Waals surface area (Å²) in [6, 6.07) is 0. The number of carboxylic acid groups (broad SMARTS) is 1. The van der Waals surface area contributed by atoms with Crippen molar-refractivity contribution in [3.05, 3.63) is 29.7 Å². The molecule has 0 aromatic carbocycles. The number of aromatic nitrogens is 2. The van der Waals surface area contributed by atoms with Crippen molar-refractivity contribution in [2.24, 2.45) is 0 Å². The molecule has 6 heteroatoms. The number of aromatic carboxylic acids is 1. The fourth-order valence-corrected chi connectivity index (χ4v) is 1.25. The molecule has 0 aliphatic rings. The zero-order chi connectivity index (χ0) is 13.5. The number of nitrogens with one attached hydrogen (secondary N) is 1. The van der Waals surface area contributed by atoms with E-state index in [0.29, 0.717) is 31.4 Å². The summed E-state index contributed by atoms with van der Waals surface area (Å²) in [6.45, 7) is 8.72. The molecule has 1 rings (SSSR count). The van der Waals surface area contributed by atoms with Crippen molar-refractivity contribution in [3.63, 3.8) is 0 Å². The molecule has 0 atom stereocenters. The van der Waals surface area contributed by atoms with Crippen LogP contribution in [-0.4, -0.2) is 40.8 Å². The highest BCUT2D eigenvalue weighted by molar-refractivity contribution is 5.92. The van der Waals surface area contributed by atoms with Crippen molar-refractivity contribution in [1.82, 2.24) is 9.97 Å². The molecule has 0 saturated carbocycles. The second-order valence-corrected chi connectivity index (χ2v) is 3.92. The number of hydrogen-bond donors (Lipinski definition) is 2. The SMILES string of the molecule is C=C(C)COCCNc1nc(C)ncc1C(=O)O. The van der Waals surface area contributed by atoms with Gasteiger partial charge in [0.05, 0.1) is 13.2 Å². The Morgan fingerprint density at radius 1 is 1.61 bits per heavy atom. The lowest BCUT2D eigenvalue weighted by Crippen LogP contribution is -2.15. The maximum atomic E-state index is 10.9. The molecule has 0 radical (unpaired) electrons. The molecule has 0 unspecified atom stereocenters. The minimum absolute atomic E-state index is 0.0560. The van der Waals surface area contributed by atoms with Gasteiger partial charge in [0.15, 0.2) is 0 Å². The van der Waals surface area contributed by atoms with Crippen LogP contribution in [0.15, 0.2) is 18.3 Å². The van der Waals surface area contributed by atoms with Crippen LogP contribution in [0, 0.1) is 6.92 Å². The zero-order valence-electron chi connectivity index (χ0n) is 10.6. The summed E-state index contributed by atoms with van der Waals surface area (Å²) in [6.07, 6.45) is 1.29. The number of carbonyl (C=O) groups is 1. The van der Waals surface area contributed by atoms with Crippen LogP contribution in [0.3, 0.4) is 0 Å². The molecule has 18 heavy (non-hydrogen) atoms. The van der Waals surface area contributed by atoms with E-state index < -0.39 is 5.97 Å². The molecule has 0 amide bonds. The number of anilines is 1. The highest BCUT2D eigenvalue weighted by Gasteiger charge is 2.11. The van der Waals surface area contributed by atoms with Crippen LogP contribution in [0.5, 0.6) is 0 Å². The number of ether oxygens (including phenoxy) is 1. The number of nitrogens with zero attached hydrogens (tertiary/aromatic N) is 2. The molecule has 2 N–H and O–H groups in total. The van der Waals surface area contributed by atoms with Gasteiger partial charge in [-0.2, -0.15) is 0 Å². The minimum Gasteiger partial charge on any atom is -0.477 e. The van der Waals surface area contributed by atoms with Crippen LogP contribution in [0.4, 0.5) is 5.82 Å². The summed E-state index contributed by atoms with van der Waals surface area (Å²) in [5.74, 6) is -0.223. The van der Waals surface area contributed by atoms with Gasteiger partial charge in [0.2, 0.25) is 0 Å². The fraction of sp³-hybridized carbons (Fsp3) is 0.417. The molecule has 0 fully saturated rings. The van der Waals surface area contributed by atoms with Gasteiger partial charge in [-0.3, -0.25) is 0 Å². The molecule has 0 aliphatic carbocycles. The van der Waals surface area contributed by atoms with E-state index in [1.54, 1.807) is 6.92 Å². The van der Waals surface area contributed by atoms with Crippen molar-refractivity contribution in [2.45, 2.75) is 13.8 Å². The molecule has 0 aliphatic heterocycles. The van der Waals surface area contributed by atoms with E-state index in [9.17, 15) is 4.79 Å². The Morgan fingerprint density at radius 2 is 2.33 bits per heavy atom. The lowest BCUT2D eigenvalue weighted by atomic mass is 10.3. The van der Waals surface area contributed by atoms with Crippen molar-refractivity contribution >= 4 is 11.8 Å². The molecule has 0 bridgehead atoms. The first-order chi connectivity index (χ1) is 8.50. The fourth-order valence-electron chi connectivity index (χ4n) is 1.25. The number of carboxylic acids is 1. The quantitative estimate of drug-likeness (QED) is 0.564. The van der Waals surface area contributed by atoms with Crippen molar-refractivity contribution < 1.29 is 14.6 Å². The van der Waals surface area contributed by atoms with Crippen LogP contribution >= 0.6 is 0 Å². The molecular formula is C12H17N3O3. The average Bonchev–Trinajstić information content (AvgIpc) is 2.27. The van der Waals surface area contributed by atoms with Gasteiger partial charge in [-0.25, -0.2) is 14.8 Å². The second kappa shape index (κ2) is 6.70. The lowest BCUT2D eigenvalue weighted by molar-refractivity contribution is 0.0697. The lowest BCUT2D eigenvalue weighted by Gasteiger charge is -2.09. The summed E-state index contributed by atoms with van der Waals surface area (Å²) in [5.41, 5.74) is 1.000. The summed E-state index contributed by atoms with van der Waals surface area (Å²) in [7, 11) is 0. The van der Waals surface area contributed by atoms with Gasteiger partial charge in [0, 0.05) is 12.7 Å². The van der Waals surface area contributed by atoms with Crippen LogP contribution in [0.25, 0.3) is 0 Å². The second-order valence-electron chi connectivity index (χ2n) is 3.92. The van der Waals surface area contributed by atoms with E-state index in [-0.39, 0.29) is 5.56 Å². The standard InChI is InChI=1S/C12H17N3O3/c1-8(2)7-18-5-4-13-11-10(12(16)17)6-14-9(3)15-11/h6H,1,4-5,7H2,2-3H3,(H,16,17)(H,13,14,15). The van der Waals surface area contributed by atoms with Gasteiger partial charge in [-0.1, -0.05) is 12.2 Å². The Labute approximate surface area is 106 Å². The van der Waals surface area contributed by atoms with Gasteiger partial charge >= 0.3 is 5.97 Å². The predicted molar refractivity (Wildman–Crippen MR) is 67.9 cm³/mol. The third kappa shape index (κ3) is 4.50. The molecule has 1 heterocycles. The first-order valence-corrected chi connectivity index (χ1v) is 5.53. The number of hydrogen-bond acceptors (Lipinski definition) is 5. The molecular weight excluding hydrogens is 234 g/mol. The van der Waals surface area contributed by atoms with E-state index in [0.717, 1.165) is 5.57 Å². The Bertz CT molecular complexity index is 446. The molecule has 98 valence electrons. The molecule has 0 spiro atoms. The molecule has 1 aromatic heterocycles. The Kier molecular flexibility index (Phi) is 5.26. The predicted octanol–water partition coefficient (Wildman–Crippen LogP) is 1.49. The van der Waals surface area contributed by atoms with E-state index in [1.165, 1.54) is 6.20 Å². The molecule has 0 saturated heterocycles. The topological polar surface area (TPSA) is 84.3 Å².